The third-order valence-corrected chi connectivity index (χ3v) is 5.62. The van der Waals surface area contributed by atoms with E-state index >= 15 is 0 Å². The largest absolute Gasteiger partial charge is 0.467 e. The topological polar surface area (TPSA) is 62.6 Å². The Morgan fingerprint density at radius 3 is 2.56 bits per heavy atom. The average Bonchev–Trinajstić information content (AvgIpc) is 3.34. The Hall–Kier alpha value is -2.99. The summed E-state index contributed by atoms with van der Waals surface area (Å²) in [6.07, 6.45) is 1.61. The van der Waals surface area contributed by atoms with Crippen LogP contribution in [0.5, 0.6) is 0 Å². The van der Waals surface area contributed by atoms with Gasteiger partial charge in [-0.2, -0.15) is 0 Å². The maximum atomic E-state index is 12.4. The Kier molecular flexibility index (Phi) is 4.98. The van der Waals surface area contributed by atoms with E-state index in [0.29, 0.717) is 17.9 Å². The number of nitrogens with one attached hydrogen (secondary N) is 1. The first-order valence-electron chi connectivity index (χ1n) is 8.60. The van der Waals surface area contributed by atoms with E-state index in [1.54, 1.807) is 30.2 Å². The molecule has 1 atom stereocenters. The number of anilines is 1. The van der Waals surface area contributed by atoms with Gasteiger partial charge in [0.25, 0.3) is 5.91 Å². The summed E-state index contributed by atoms with van der Waals surface area (Å²) in [4.78, 5) is 26.5. The molecule has 2 amide bonds. The van der Waals surface area contributed by atoms with Gasteiger partial charge in [0.15, 0.2) is 0 Å². The number of rotatable bonds is 5. The molecule has 6 heteroatoms. The highest BCUT2D eigenvalue weighted by molar-refractivity contribution is 8.00. The summed E-state index contributed by atoms with van der Waals surface area (Å²) in [7, 11) is 0. The molecule has 1 N–H and O–H groups in total. The van der Waals surface area contributed by atoms with Gasteiger partial charge < -0.3 is 14.6 Å². The zero-order valence-corrected chi connectivity index (χ0v) is 15.3. The first kappa shape index (κ1) is 17.4. The van der Waals surface area contributed by atoms with Crippen molar-refractivity contribution in [3.63, 3.8) is 0 Å². The molecule has 5 nitrogen and oxygen atoms in total. The Balaban J connectivity index is 1.48. The molecule has 0 unspecified atom stereocenters. The molecule has 2 heterocycles. The summed E-state index contributed by atoms with van der Waals surface area (Å²) in [5, 5.41) is 2.80. The number of amides is 2. The van der Waals surface area contributed by atoms with Gasteiger partial charge in [-0.1, -0.05) is 30.3 Å². The zero-order valence-electron chi connectivity index (χ0n) is 14.5. The van der Waals surface area contributed by atoms with Crippen LogP contribution in [0, 0.1) is 0 Å². The van der Waals surface area contributed by atoms with Crippen molar-refractivity contribution in [3.8, 4) is 0 Å². The van der Waals surface area contributed by atoms with Gasteiger partial charge in [-0.15, -0.1) is 11.8 Å². The standard InChI is InChI=1S/C21H18N2O3S/c24-19-14-27-21(23(19)13-18-7-4-12-26-18)16-10-8-15(9-11-16)20(25)22-17-5-2-1-3-6-17/h1-12,21H,13-14H2,(H,22,25)/t21-/m0/s1. The van der Waals surface area contributed by atoms with Gasteiger partial charge in [-0.3, -0.25) is 9.59 Å². The van der Waals surface area contributed by atoms with Gasteiger partial charge in [-0.05, 0) is 42.0 Å². The molecule has 0 saturated carbocycles. The summed E-state index contributed by atoms with van der Waals surface area (Å²) >= 11 is 1.58. The fraction of sp³-hybridized carbons (Fsp3) is 0.143. The monoisotopic (exact) mass is 378 g/mol. The maximum Gasteiger partial charge on any atom is 0.255 e. The van der Waals surface area contributed by atoms with E-state index in [4.69, 9.17) is 4.42 Å². The van der Waals surface area contributed by atoms with Crippen LogP contribution in [0.1, 0.15) is 27.1 Å². The number of hydrogen-bond acceptors (Lipinski definition) is 4. The van der Waals surface area contributed by atoms with Crippen LogP contribution in [-0.2, 0) is 11.3 Å². The lowest BCUT2D eigenvalue weighted by Crippen LogP contribution is -2.27. The van der Waals surface area contributed by atoms with E-state index in [9.17, 15) is 9.59 Å². The average molecular weight is 378 g/mol. The molecule has 4 rings (SSSR count). The number of nitrogens with zero attached hydrogens (tertiary/aromatic N) is 1. The second-order valence-corrected chi connectivity index (χ2v) is 7.28. The van der Waals surface area contributed by atoms with Crippen molar-refractivity contribution in [2.45, 2.75) is 11.9 Å². The highest BCUT2D eigenvalue weighted by Gasteiger charge is 2.33. The predicted molar refractivity (Wildman–Crippen MR) is 105 cm³/mol. The molecule has 1 aliphatic heterocycles. The normalized spacial score (nSPS) is 16.5. The number of thioether (sulfide) groups is 1. The molecule has 1 fully saturated rings. The van der Waals surface area contributed by atoms with Crippen molar-refractivity contribution in [2.75, 3.05) is 11.1 Å². The number of benzene rings is 2. The zero-order chi connectivity index (χ0) is 18.6. The van der Waals surface area contributed by atoms with E-state index in [2.05, 4.69) is 5.32 Å². The fourth-order valence-electron chi connectivity index (χ4n) is 3.00. The summed E-state index contributed by atoms with van der Waals surface area (Å²) in [6, 6.07) is 20.4. The Morgan fingerprint density at radius 1 is 1.07 bits per heavy atom. The van der Waals surface area contributed by atoms with Crippen LogP contribution in [0.25, 0.3) is 0 Å². The summed E-state index contributed by atoms with van der Waals surface area (Å²) in [5.41, 5.74) is 2.33. The van der Waals surface area contributed by atoms with Crippen LogP contribution in [0.3, 0.4) is 0 Å². The van der Waals surface area contributed by atoms with Crippen LogP contribution in [0.2, 0.25) is 0 Å². The number of para-hydroxylation sites is 1. The van der Waals surface area contributed by atoms with Crippen molar-refractivity contribution in [1.82, 2.24) is 4.90 Å². The molecule has 27 heavy (non-hydrogen) atoms. The van der Waals surface area contributed by atoms with E-state index < -0.39 is 0 Å². The molecule has 0 bridgehead atoms. The number of furan rings is 1. The second kappa shape index (κ2) is 7.72. The molecule has 0 radical (unpaired) electrons. The molecule has 1 saturated heterocycles. The van der Waals surface area contributed by atoms with E-state index in [-0.39, 0.29) is 17.2 Å². The van der Waals surface area contributed by atoms with Gasteiger partial charge >= 0.3 is 0 Å². The SMILES string of the molecule is O=C(Nc1ccccc1)c1ccc([C@@H]2SCC(=O)N2Cc2ccco2)cc1. The molecular formula is C21H18N2O3S. The minimum Gasteiger partial charge on any atom is -0.467 e. The third-order valence-electron chi connectivity index (χ3n) is 4.36. The highest BCUT2D eigenvalue weighted by Crippen LogP contribution is 2.39. The summed E-state index contributed by atoms with van der Waals surface area (Å²) in [6.45, 7) is 0.444. The number of carbonyl (C=O) groups excluding carboxylic acids is 2. The molecule has 3 aromatic rings. The Bertz CT molecular complexity index is 924. The van der Waals surface area contributed by atoms with Crippen molar-refractivity contribution in [3.05, 3.63) is 89.9 Å². The minimum absolute atomic E-state index is 0.0752. The summed E-state index contributed by atoms with van der Waals surface area (Å²) in [5.74, 6) is 1.14. The van der Waals surface area contributed by atoms with Crippen LogP contribution < -0.4 is 5.32 Å². The number of hydrogen-bond donors (Lipinski definition) is 1. The fourth-order valence-corrected chi connectivity index (χ4v) is 4.18. The predicted octanol–water partition coefficient (Wildman–Crippen LogP) is 4.31. The first-order chi connectivity index (χ1) is 13.2. The smallest absolute Gasteiger partial charge is 0.255 e. The molecule has 1 aromatic heterocycles. The van der Waals surface area contributed by atoms with Crippen molar-refractivity contribution in [2.24, 2.45) is 0 Å². The Labute approximate surface area is 161 Å². The third kappa shape index (κ3) is 3.90. The molecule has 2 aromatic carbocycles. The summed E-state index contributed by atoms with van der Waals surface area (Å²) < 4.78 is 5.38. The van der Waals surface area contributed by atoms with Crippen molar-refractivity contribution in [1.29, 1.82) is 0 Å². The van der Waals surface area contributed by atoms with E-state index in [0.717, 1.165) is 17.0 Å². The number of carbonyl (C=O) groups is 2. The molecule has 0 aliphatic carbocycles. The van der Waals surface area contributed by atoms with E-state index in [1.165, 1.54) is 0 Å². The Morgan fingerprint density at radius 2 is 1.85 bits per heavy atom. The first-order valence-corrected chi connectivity index (χ1v) is 9.65. The quantitative estimate of drug-likeness (QED) is 0.719. The minimum atomic E-state index is -0.157. The van der Waals surface area contributed by atoms with Gasteiger partial charge in [0, 0.05) is 11.3 Å². The van der Waals surface area contributed by atoms with Crippen LogP contribution in [-0.4, -0.2) is 22.5 Å². The van der Waals surface area contributed by atoms with Gasteiger partial charge in [0.2, 0.25) is 5.91 Å². The lowest BCUT2D eigenvalue weighted by Gasteiger charge is -2.23. The molecule has 1 aliphatic rings. The lowest BCUT2D eigenvalue weighted by molar-refractivity contribution is -0.128. The molecular weight excluding hydrogens is 360 g/mol. The maximum absolute atomic E-state index is 12.4. The van der Waals surface area contributed by atoms with Gasteiger partial charge in [-0.25, -0.2) is 0 Å². The van der Waals surface area contributed by atoms with Gasteiger partial charge in [0.1, 0.15) is 11.1 Å². The second-order valence-electron chi connectivity index (χ2n) is 6.21. The van der Waals surface area contributed by atoms with Gasteiger partial charge in [0.05, 0.1) is 18.6 Å². The van der Waals surface area contributed by atoms with Crippen LogP contribution in [0.4, 0.5) is 5.69 Å². The lowest BCUT2D eigenvalue weighted by atomic mass is 10.1. The molecule has 136 valence electrons. The van der Waals surface area contributed by atoms with Crippen LogP contribution >= 0.6 is 11.8 Å². The molecule has 0 spiro atoms. The van der Waals surface area contributed by atoms with Crippen molar-refractivity contribution >= 4 is 29.3 Å². The van der Waals surface area contributed by atoms with Crippen molar-refractivity contribution < 1.29 is 14.0 Å². The van der Waals surface area contributed by atoms with E-state index in [1.807, 2.05) is 59.5 Å². The highest BCUT2D eigenvalue weighted by atomic mass is 32.2. The van der Waals surface area contributed by atoms with Crippen LogP contribution in [0.15, 0.2) is 77.4 Å².